The Balaban J connectivity index is 2.69. The maximum Gasteiger partial charge on any atom is 0.341 e. The van der Waals surface area contributed by atoms with Gasteiger partial charge in [-0.15, -0.1) is 11.3 Å². The summed E-state index contributed by atoms with van der Waals surface area (Å²) in [4.78, 5) is 38.4. The fourth-order valence-electron chi connectivity index (χ4n) is 1.90. The number of carbonyl (C=O) groups is 3. The summed E-state index contributed by atoms with van der Waals surface area (Å²) < 4.78 is 4.73. The van der Waals surface area contributed by atoms with E-state index in [9.17, 15) is 14.4 Å². The number of amides is 2. The van der Waals surface area contributed by atoms with Gasteiger partial charge in [-0.05, 0) is 46.5 Å². The first-order chi connectivity index (χ1) is 10.8. The van der Waals surface area contributed by atoms with Crippen LogP contribution >= 0.6 is 11.3 Å². The summed E-state index contributed by atoms with van der Waals surface area (Å²) >= 11 is 1.24. The molecule has 8 heteroatoms. The Bertz CT molecular complexity index is 596. The number of methoxy groups -OCH3 is 1. The number of aryl methyl sites for hydroxylation is 1. The quantitative estimate of drug-likeness (QED) is 0.460. The van der Waals surface area contributed by atoms with Crippen LogP contribution in [0.25, 0.3) is 0 Å². The Morgan fingerprint density at radius 3 is 2.39 bits per heavy atom. The molecule has 0 saturated heterocycles. The lowest BCUT2D eigenvalue weighted by molar-refractivity contribution is -0.136. The summed E-state index contributed by atoms with van der Waals surface area (Å²) in [5, 5.41) is 5.38. The first kappa shape index (κ1) is 19.1. The monoisotopic (exact) mass is 341 g/mol. The molecule has 0 aromatic carbocycles. The van der Waals surface area contributed by atoms with Gasteiger partial charge in [0.2, 0.25) is 0 Å². The van der Waals surface area contributed by atoms with Gasteiger partial charge >= 0.3 is 17.8 Å². The molecule has 23 heavy (non-hydrogen) atoms. The van der Waals surface area contributed by atoms with Gasteiger partial charge in [0, 0.05) is 11.4 Å². The van der Waals surface area contributed by atoms with Gasteiger partial charge in [-0.3, -0.25) is 9.59 Å². The van der Waals surface area contributed by atoms with Gasteiger partial charge in [0.05, 0.1) is 12.7 Å². The molecule has 0 bridgehead atoms. The predicted octanol–water partition coefficient (Wildman–Crippen LogP) is 1.16. The topological polar surface area (TPSA) is 87.7 Å². The maximum atomic E-state index is 11.9. The minimum absolute atomic E-state index is 0.295. The maximum absolute atomic E-state index is 11.9. The fourth-order valence-corrected chi connectivity index (χ4v) is 2.94. The number of nitrogens with zero attached hydrogens (tertiary/aromatic N) is 1. The summed E-state index contributed by atoms with van der Waals surface area (Å²) in [7, 11) is 5.15. The van der Waals surface area contributed by atoms with Crippen molar-refractivity contribution in [2.24, 2.45) is 0 Å². The van der Waals surface area contributed by atoms with E-state index in [0.29, 0.717) is 17.1 Å². The highest BCUT2D eigenvalue weighted by molar-refractivity contribution is 7.17. The van der Waals surface area contributed by atoms with E-state index in [1.807, 2.05) is 25.9 Å². The molecular weight excluding hydrogens is 318 g/mol. The van der Waals surface area contributed by atoms with Gasteiger partial charge in [0.1, 0.15) is 5.00 Å². The zero-order valence-electron chi connectivity index (χ0n) is 14.1. The Morgan fingerprint density at radius 2 is 1.83 bits per heavy atom. The summed E-state index contributed by atoms with van der Waals surface area (Å²) in [6.45, 7) is 4.84. The summed E-state index contributed by atoms with van der Waals surface area (Å²) in [5.74, 6) is -2.04. The molecule has 0 aliphatic rings. The number of carbonyl (C=O) groups excluding carboxylic acids is 3. The first-order valence-corrected chi connectivity index (χ1v) is 8.01. The van der Waals surface area contributed by atoms with Crippen LogP contribution in [-0.2, 0) is 14.3 Å². The van der Waals surface area contributed by atoms with Crippen LogP contribution < -0.4 is 10.6 Å². The van der Waals surface area contributed by atoms with Crippen molar-refractivity contribution in [2.45, 2.75) is 20.3 Å². The van der Waals surface area contributed by atoms with Gasteiger partial charge in [-0.2, -0.15) is 0 Å². The molecule has 0 atom stereocenters. The molecule has 1 aromatic rings. The highest BCUT2D eigenvalue weighted by Crippen LogP contribution is 2.32. The molecule has 1 rings (SSSR count). The lowest BCUT2D eigenvalue weighted by atomic mass is 10.1. The Morgan fingerprint density at radius 1 is 1.17 bits per heavy atom. The van der Waals surface area contributed by atoms with E-state index in [4.69, 9.17) is 4.74 Å². The second-order valence-corrected chi connectivity index (χ2v) is 6.57. The third kappa shape index (κ3) is 5.33. The van der Waals surface area contributed by atoms with Crippen LogP contribution in [0.3, 0.4) is 0 Å². The predicted molar refractivity (Wildman–Crippen MR) is 89.9 cm³/mol. The van der Waals surface area contributed by atoms with Crippen LogP contribution in [0.2, 0.25) is 0 Å². The highest BCUT2D eigenvalue weighted by atomic mass is 32.1. The number of anilines is 1. The van der Waals surface area contributed by atoms with Crippen LogP contribution in [-0.4, -0.2) is 57.0 Å². The Hall–Kier alpha value is -1.93. The van der Waals surface area contributed by atoms with Crippen LogP contribution in [0.4, 0.5) is 5.00 Å². The van der Waals surface area contributed by atoms with E-state index in [-0.39, 0.29) is 0 Å². The molecule has 0 aliphatic carbocycles. The molecule has 0 saturated carbocycles. The Kier molecular flexibility index (Phi) is 7.18. The van der Waals surface area contributed by atoms with Crippen molar-refractivity contribution in [3.63, 3.8) is 0 Å². The summed E-state index contributed by atoms with van der Waals surface area (Å²) in [5.41, 5.74) is 1.03. The van der Waals surface area contributed by atoms with Gasteiger partial charge in [0.15, 0.2) is 0 Å². The third-order valence-corrected chi connectivity index (χ3v) is 4.40. The van der Waals surface area contributed by atoms with Gasteiger partial charge in [0.25, 0.3) is 0 Å². The molecule has 1 heterocycles. The average Bonchev–Trinajstić information content (AvgIpc) is 2.77. The van der Waals surface area contributed by atoms with Crippen LogP contribution in [0.5, 0.6) is 0 Å². The standard InChI is InChI=1S/C15H23N3O4S/c1-9-10(2)23-14(11(9)15(21)22-5)17-13(20)12(19)16-7-6-8-18(3)4/h6-8H2,1-5H3,(H,16,19)(H,17,20). The lowest BCUT2D eigenvalue weighted by Crippen LogP contribution is -2.36. The largest absolute Gasteiger partial charge is 0.465 e. The molecule has 1 aromatic heterocycles. The van der Waals surface area contributed by atoms with E-state index in [1.54, 1.807) is 6.92 Å². The summed E-state index contributed by atoms with van der Waals surface area (Å²) in [6, 6.07) is 0. The first-order valence-electron chi connectivity index (χ1n) is 7.20. The zero-order valence-corrected chi connectivity index (χ0v) is 14.9. The van der Waals surface area contributed by atoms with Gasteiger partial charge < -0.3 is 20.3 Å². The number of hydrogen-bond acceptors (Lipinski definition) is 6. The molecule has 0 unspecified atom stereocenters. The fraction of sp³-hybridized carbons (Fsp3) is 0.533. The van der Waals surface area contributed by atoms with Crippen LogP contribution in [0, 0.1) is 13.8 Å². The molecule has 0 spiro atoms. The van der Waals surface area contributed by atoms with Crippen molar-refractivity contribution in [1.82, 2.24) is 10.2 Å². The minimum Gasteiger partial charge on any atom is -0.465 e. The number of thiophene rings is 1. The molecule has 0 fully saturated rings. The van der Waals surface area contributed by atoms with E-state index in [2.05, 4.69) is 10.6 Å². The summed E-state index contributed by atoms with van der Waals surface area (Å²) in [6.07, 6.45) is 0.747. The Labute approximate surface area is 140 Å². The van der Waals surface area contributed by atoms with Gasteiger partial charge in [-0.1, -0.05) is 0 Å². The van der Waals surface area contributed by atoms with Crippen LogP contribution in [0.15, 0.2) is 0 Å². The van der Waals surface area contributed by atoms with Crippen molar-refractivity contribution < 1.29 is 19.1 Å². The van der Waals surface area contributed by atoms with Crippen LogP contribution in [0.1, 0.15) is 27.2 Å². The smallest absolute Gasteiger partial charge is 0.341 e. The number of nitrogens with one attached hydrogen (secondary N) is 2. The van der Waals surface area contributed by atoms with E-state index < -0.39 is 17.8 Å². The molecule has 128 valence electrons. The number of ether oxygens (including phenoxy) is 1. The van der Waals surface area contributed by atoms with E-state index >= 15 is 0 Å². The second kappa shape index (κ2) is 8.64. The van der Waals surface area contributed by atoms with Crippen molar-refractivity contribution in [3.05, 3.63) is 16.0 Å². The lowest BCUT2D eigenvalue weighted by Gasteiger charge is -2.10. The molecule has 7 nitrogen and oxygen atoms in total. The number of esters is 1. The van der Waals surface area contributed by atoms with E-state index in [0.717, 1.165) is 23.4 Å². The van der Waals surface area contributed by atoms with Crippen molar-refractivity contribution >= 4 is 34.1 Å². The SMILES string of the molecule is COC(=O)c1c(NC(=O)C(=O)NCCCN(C)C)sc(C)c1C. The van der Waals surface area contributed by atoms with Crippen molar-refractivity contribution in [1.29, 1.82) is 0 Å². The molecule has 0 radical (unpaired) electrons. The van der Waals surface area contributed by atoms with Gasteiger partial charge in [-0.25, -0.2) is 4.79 Å². The normalized spacial score (nSPS) is 10.5. The molecule has 2 N–H and O–H groups in total. The molecule has 0 aliphatic heterocycles. The van der Waals surface area contributed by atoms with Crippen molar-refractivity contribution in [2.75, 3.05) is 39.6 Å². The number of hydrogen-bond donors (Lipinski definition) is 2. The van der Waals surface area contributed by atoms with Crippen molar-refractivity contribution in [3.8, 4) is 0 Å². The number of rotatable bonds is 6. The average molecular weight is 341 g/mol. The highest BCUT2D eigenvalue weighted by Gasteiger charge is 2.23. The molecular formula is C15H23N3O4S. The minimum atomic E-state index is -0.791. The zero-order chi connectivity index (χ0) is 17.6. The third-order valence-electron chi connectivity index (χ3n) is 3.28. The second-order valence-electron chi connectivity index (χ2n) is 5.35. The molecule has 2 amide bonds. The van der Waals surface area contributed by atoms with E-state index in [1.165, 1.54) is 18.4 Å².